The Kier molecular flexibility index (Phi) is 5.08. The van der Waals surface area contributed by atoms with Crippen LogP contribution in [0.2, 0.25) is 13.1 Å². The van der Waals surface area contributed by atoms with Crippen molar-refractivity contribution in [3.8, 4) is 0 Å². The van der Waals surface area contributed by atoms with E-state index in [4.69, 9.17) is 16.5 Å². The van der Waals surface area contributed by atoms with E-state index in [1.54, 1.807) is 13.1 Å². The minimum Gasteiger partial charge on any atom is -0.388 e. The molecule has 1 saturated heterocycles. The summed E-state index contributed by atoms with van der Waals surface area (Å²) in [4.78, 5) is 20.9. The third-order valence-electron chi connectivity index (χ3n) is 2.65. The molecule has 0 saturated carbocycles. The molecule has 1 heterocycles. The molecule has 1 aliphatic heterocycles. The molecule has 6 nitrogen and oxygen atoms in total. The molecule has 0 aromatic rings. The van der Waals surface area contributed by atoms with Gasteiger partial charge in [-0.05, 0) is 24.5 Å². The first kappa shape index (κ1) is 17.6. The Morgan fingerprint density at radius 3 is 1.05 bits per heavy atom. The zero-order valence-corrected chi connectivity index (χ0v) is 15.7. The van der Waals surface area contributed by atoms with Crippen LogP contribution in [0.5, 0.6) is 0 Å². The Hall–Kier alpha value is -0.412. The second kappa shape index (κ2) is 5.76. The average molecular weight is 349 g/mol. The van der Waals surface area contributed by atoms with Gasteiger partial charge < -0.3 is 26.1 Å². The summed E-state index contributed by atoms with van der Waals surface area (Å²) < 4.78 is 22.6. The monoisotopic (exact) mass is 348 g/mol. The lowest BCUT2D eigenvalue weighted by atomic mass is 11.3. The summed E-state index contributed by atoms with van der Waals surface area (Å²) in [5.74, 6) is 0. The van der Waals surface area contributed by atoms with Crippen LogP contribution in [0.1, 0.15) is 0 Å². The fourth-order valence-corrected chi connectivity index (χ4v) is 15.7. The van der Waals surface area contributed by atoms with Gasteiger partial charge in [0.05, 0.1) is 0 Å². The summed E-state index contributed by atoms with van der Waals surface area (Å²) in [5.41, 5.74) is 5.31. The first-order valence-corrected chi connectivity index (χ1v) is 14.3. The quantitative estimate of drug-likeness (QED) is 0.737. The molecule has 112 valence electrons. The van der Waals surface area contributed by atoms with Crippen LogP contribution in [0.25, 0.3) is 0 Å². The summed E-state index contributed by atoms with van der Waals surface area (Å²) in [6, 6.07) is 0. The minimum absolute atomic E-state index is 1.23. The van der Waals surface area contributed by atoms with Gasteiger partial charge >= 0.3 is 34.7 Å². The molecular formula is C10H20O6Si4. The van der Waals surface area contributed by atoms with E-state index in [2.05, 4.69) is 26.3 Å². The summed E-state index contributed by atoms with van der Waals surface area (Å²) in [5, 5.41) is 0. The van der Waals surface area contributed by atoms with Gasteiger partial charge in [0.15, 0.2) is 0 Å². The second-order valence-corrected chi connectivity index (χ2v) is 16.0. The summed E-state index contributed by atoms with van der Waals surface area (Å²) in [6.45, 7) is 17.6. The predicted octanol–water partition coefficient (Wildman–Crippen LogP) is 0.974. The highest BCUT2D eigenvalue weighted by Crippen LogP contribution is 2.30. The van der Waals surface area contributed by atoms with Crippen molar-refractivity contribution in [1.29, 1.82) is 0 Å². The van der Waals surface area contributed by atoms with Gasteiger partial charge in [0.25, 0.3) is 0 Å². The van der Waals surface area contributed by atoms with Crippen LogP contribution in [-0.4, -0.2) is 44.3 Å². The van der Waals surface area contributed by atoms with Gasteiger partial charge in [-0.3, -0.25) is 0 Å². The van der Waals surface area contributed by atoms with E-state index in [9.17, 15) is 9.59 Å². The van der Waals surface area contributed by atoms with Crippen LogP contribution in [0.15, 0.2) is 49.1 Å². The number of rotatable bonds is 4. The van der Waals surface area contributed by atoms with Crippen LogP contribution < -0.4 is 0 Å². The van der Waals surface area contributed by atoms with Crippen LogP contribution in [0, 0.1) is 0 Å². The van der Waals surface area contributed by atoms with E-state index < -0.39 is 34.7 Å². The van der Waals surface area contributed by atoms with E-state index in [0.717, 1.165) is 0 Å². The molecule has 0 spiro atoms. The first-order chi connectivity index (χ1) is 9.07. The highest BCUT2D eigenvalue weighted by Gasteiger charge is 2.57. The van der Waals surface area contributed by atoms with Gasteiger partial charge in [-0.2, -0.15) is 0 Å². The molecule has 0 aromatic heterocycles. The molecular weight excluding hydrogens is 328 g/mol. The molecule has 0 aromatic carbocycles. The Morgan fingerprint density at radius 1 is 0.650 bits per heavy atom. The third-order valence-corrected chi connectivity index (χ3v) is 16.3. The predicted molar refractivity (Wildman–Crippen MR) is 84.3 cm³/mol. The molecule has 1 rings (SSSR count). The van der Waals surface area contributed by atoms with E-state index in [1.807, 2.05) is 0 Å². The topological polar surface area (TPSA) is 77.4 Å². The zero-order valence-electron chi connectivity index (χ0n) is 11.7. The third kappa shape index (κ3) is 3.82. The largest absolute Gasteiger partial charge is 0.508 e. The van der Waals surface area contributed by atoms with Gasteiger partial charge in [0.2, 0.25) is 0 Å². The van der Waals surface area contributed by atoms with Crippen molar-refractivity contribution in [2.45, 2.75) is 13.1 Å². The van der Waals surface area contributed by atoms with Gasteiger partial charge in [0, 0.05) is 0 Å². The maximum absolute atomic E-state index is 10.5. The molecule has 0 amide bonds. The van der Waals surface area contributed by atoms with Crippen molar-refractivity contribution in [2.24, 2.45) is 0 Å². The fraction of sp³-hybridized carbons (Fsp3) is 0.200. The van der Waals surface area contributed by atoms with E-state index in [1.165, 1.54) is 22.8 Å². The lowest BCUT2D eigenvalue weighted by molar-refractivity contribution is 0.155. The molecule has 0 aliphatic carbocycles. The summed E-state index contributed by atoms with van der Waals surface area (Å²) in [7, 11) is -13.6. The standard InChI is InChI=1S/C10H20O6Si4/c1-7-17(5)13-19(11,9-3)15-18(6,8-2)16-20(12,10-4)14-17/h7-12H,1-4H2,5-6H3. The van der Waals surface area contributed by atoms with E-state index >= 15 is 0 Å². The van der Waals surface area contributed by atoms with Crippen molar-refractivity contribution in [1.82, 2.24) is 0 Å². The molecule has 0 atom stereocenters. The van der Waals surface area contributed by atoms with Gasteiger partial charge in [-0.25, -0.2) is 0 Å². The molecule has 0 radical (unpaired) electrons. The maximum atomic E-state index is 10.5. The molecule has 2 N–H and O–H groups in total. The smallest absolute Gasteiger partial charge is 0.388 e. The molecule has 0 bridgehead atoms. The van der Waals surface area contributed by atoms with Crippen LogP contribution >= 0.6 is 0 Å². The Labute approximate surface area is 123 Å². The molecule has 0 unspecified atom stereocenters. The van der Waals surface area contributed by atoms with Crippen molar-refractivity contribution in [3.05, 3.63) is 49.1 Å². The normalized spacial score (nSPS) is 45.8. The summed E-state index contributed by atoms with van der Waals surface area (Å²) >= 11 is 0. The number of hydrogen-bond acceptors (Lipinski definition) is 6. The van der Waals surface area contributed by atoms with Crippen molar-refractivity contribution >= 4 is 34.7 Å². The number of hydrogen-bond donors (Lipinski definition) is 2. The second-order valence-electron chi connectivity index (χ2n) is 4.52. The first-order valence-electron chi connectivity index (χ1n) is 5.87. The summed E-state index contributed by atoms with van der Waals surface area (Å²) in [6.07, 6.45) is 0. The van der Waals surface area contributed by atoms with Crippen LogP contribution in [0.3, 0.4) is 0 Å². The maximum Gasteiger partial charge on any atom is 0.508 e. The molecule has 1 aliphatic rings. The van der Waals surface area contributed by atoms with Gasteiger partial charge in [-0.1, -0.05) is 24.6 Å². The van der Waals surface area contributed by atoms with E-state index in [0.29, 0.717) is 0 Å². The lowest BCUT2D eigenvalue weighted by Crippen LogP contribution is -2.67. The van der Waals surface area contributed by atoms with Crippen LogP contribution in [-0.2, 0) is 16.5 Å². The average Bonchev–Trinajstić information content (AvgIpc) is 2.36. The molecule has 20 heavy (non-hydrogen) atoms. The Morgan fingerprint density at radius 2 is 0.900 bits per heavy atom. The van der Waals surface area contributed by atoms with E-state index in [-0.39, 0.29) is 0 Å². The Bertz CT molecular complexity index is 351. The van der Waals surface area contributed by atoms with Gasteiger partial charge in [-0.15, -0.1) is 13.2 Å². The highest BCUT2D eigenvalue weighted by molar-refractivity contribution is 6.95. The molecule has 1 fully saturated rings. The SMILES string of the molecule is C=C[Si]1(C)O[Si](O)(C=C)O[Si](C)(C=C)O[Si](O)(C=C)O1. The van der Waals surface area contributed by atoms with Crippen molar-refractivity contribution < 1.29 is 26.1 Å². The molecule has 10 heteroatoms. The highest BCUT2D eigenvalue weighted by atomic mass is 28.5. The Balaban J connectivity index is 3.31. The fourth-order valence-electron chi connectivity index (χ4n) is 1.58. The van der Waals surface area contributed by atoms with Crippen LogP contribution in [0.4, 0.5) is 0 Å². The van der Waals surface area contributed by atoms with Crippen molar-refractivity contribution in [2.75, 3.05) is 0 Å². The minimum atomic E-state index is -3.71. The van der Waals surface area contributed by atoms with Gasteiger partial charge in [0.1, 0.15) is 0 Å². The van der Waals surface area contributed by atoms with Crippen molar-refractivity contribution in [3.63, 3.8) is 0 Å². The lowest BCUT2D eigenvalue weighted by Gasteiger charge is -2.43. The zero-order chi connectivity index (χ0) is 15.7.